The van der Waals surface area contributed by atoms with E-state index in [-0.39, 0.29) is 0 Å². The van der Waals surface area contributed by atoms with Crippen LogP contribution in [-0.4, -0.2) is 30.8 Å². The molecular formula is C18H21NO3. The maximum absolute atomic E-state index is 9.92. The van der Waals surface area contributed by atoms with Crippen LogP contribution in [0.25, 0.3) is 0 Å². The van der Waals surface area contributed by atoms with Gasteiger partial charge in [-0.25, -0.2) is 0 Å². The lowest BCUT2D eigenvalue weighted by Gasteiger charge is -2.29. The summed E-state index contributed by atoms with van der Waals surface area (Å²) in [4.78, 5) is 2.34. The summed E-state index contributed by atoms with van der Waals surface area (Å²) in [6, 6.07) is 11.7. The number of para-hydroxylation sites is 1. The second-order valence-electron chi connectivity index (χ2n) is 5.57. The highest BCUT2D eigenvalue weighted by Gasteiger charge is 2.20. The van der Waals surface area contributed by atoms with E-state index in [1.165, 1.54) is 11.1 Å². The minimum absolute atomic E-state index is 0.362. The fraction of sp³-hybridized carbons (Fsp3) is 0.333. The zero-order valence-electron chi connectivity index (χ0n) is 13.0. The summed E-state index contributed by atoms with van der Waals surface area (Å²) in [5, 5.41) is 9.92. The number of rotatable bonds is 4. The molecule has 2 aromatic carbocycles. The van der Waals surface area contributed by atoms with Crippen molar-refractivity contribution in [3.63, 3.8) is 0 Å². The average Bonchev–Trinajstić information content (AvgIpc) is 2.55. The Bertz CT molecular complexity index is 669. The van der Waals surface area contributed by atoms with Crippen molar-refractivity contribution in [2.24, 2.45) is 0 Å². The molecule has 2 aromatic rings. The third-order valence-corrected chi connectivity index (χ3v) is 4.18. The highest BCUT2D eigenvalue weighted by Crippen LogP contribution is 2.33. The molecule has 3 rings (SSSR count). The third kappa shape index (κ3) is 2.88. The molecule has 1 aliphatic heterocycles. The van der Waals surface area contributed by atoms with Crippen LogP contribution in [0.2, 0.25) is 0 Å². The van der Waals surface area contributed by atoms with Crippen LogP contribution in [-0.2, 0) is 19.5 Å². The fourth-order valence-corrected chi connectivity index (χ4v) is 2.96. The van der Waals surface area contributed by atoms with Crippen LogP contribution >= 0.6 is 0 Å². The zero-order chi connectivity index (χ0) is 15.5. The average molecular weight is 299 g/mol. The van der Waals surface area contributed by atoms with E-state index >= 15 is 0 Å². The zero-order valence-corrected chi connectivity index (χ0v) is 13.0. The van der Waals surface area contributed by atoms with Gasteiger partial charge in [0, 0.05) is 25.2 Å². The largest absolute Gasteiger partial charge is 0.508 e. The molecule has 1 N–H and O–H groups in total. The summed E-state index contributed by atoms with van der Waals surface area (Å²) in [6.45, 7) is 2.57. The van der Waals surface area contributed by atoms with Crippen molar-refractivity contribution < 1.29 is 14.6 Å². The second-order valence-corrected chi connectivity index (χ2v) is 5.57. The van der Waals surface area contributed by atoms with E-state index in [1.54, 1.807) is 20.3 Å². The first-order chi connectivity index (χ1) is 10.7. The smallest absolute Gasteiger partial charge is 0.161 e. The van der Waals surface area contributed by atoms with E-state index in [4.69, 9.17) is 9.47 Å². The summed E-state index contributed by atoms with van der Waals surface area (Å²) in [5.41, 5.74) is 3.54. The van der Waals surface area contributed by atoms with Gasteiger partial charge in [0.1, 0.15) is 5.75 Å². The van der Waals surface area contributed by atoms with Gasteiger partial charge in [-0.05, 0) is 35.7 Å². The van der Waals surface area contributed by atoms with E-state index in [1.807, 2.05) is 18.2 Å². The molecule has 0 unspecified atom stereocenters. The summed E-state index contributed by atoms with van der Waals surface area (Å²) in [6.07, 6.45) is 0.975. The first-order valence-electron chi connectivity index (χ1n) is 7.44. The van der Waals surface area contributed by atoms with Crippen LogP contribution in [0.1, 0.15) is 16.7 Å². The van der Waals surface area contributed by atoms with Crippen LogP contribution < -0.4 is 9.47 Å². The SMILES string of the molecule is COc1cc2c(cc1OC)CN(Cc1ccccc1O)CC2. The van der Waals surface area contributed by atoms with E-state index in [0.717, 1.165) is 43.1 Å². The Balaban J connectivity index is 1.80. The summed E-state index contributed by atoms with van der Waals surface area (Å²) in [5.74, 6) is 1.92. The normalized spacial score (nSPS) is 14.5. The number of nitrogens with zero attached hydrogens (tertiary/aromatic N) is 1. The second kappa shape index (κ2) is 6.28. The molecule has 0 radical (unpaired) electrons. The van der Waals surface area contributed by atoms with Gasteiger partial charge < -0.3 is 14.6 Å². The molecule has 116 valence electrons. The number of hydrogen-bond acceptors (Lipinski definition) is 4. The van der Waals surface area contributed by atoms with Crippen LogP contribution in [0.4, 0.5) is 0 Å². The van der Waals surface area contributed by atoms with Gasteiger partial charge in [-0.3, -0.25) is 4.90 Å². The third-order valence-electron chi connectivity index (χ3n) is 4.18. The predicted octanol–water partition coefficient (Wildman–Crippen LogP) is 2.97. The standard InChI is InChI=1S/C18H21NO3/c1-21-17-9-13-7-8-19(12-15(13)10-18(17)22-2)11-14-5-3-4-6-16(14)20/h3-6,9-10,20H,7-8,11-12H2,1-2H3. The van der Waals surface area contributed by atoms with Gasteiger partial charge in [0.05, 0.1) is 14.2 Å². The molecule has 0 saturated heterocycles. The summed E-state index contributed by atoms with van der Waals surface area (Å²) >= 11 is 0. The molecule has 0 spiro atoms. The number of phenolic OH excluding ortho intramolecular Hbond substituents is 1. The Morgan fingerprint density at radius 3 is 2.41 bits per heavy atom. The highest BCUT2D eigenvalue weighted by atomic mass is 16.5. The fourth-order valence-electron chi connectivity index (χ4n) is 2.96. The topological polar surface area (TPSA) is 41.9 Å². The lowest BCUT2D eigenvalue weighted by molar-refractivity contribution is 0.241. The molecule has 0 aromatic heterocycles. The number of methoxy groups -OCH3 is 2. The van der Waals surface area contributed by atoms with Gasteiger partial charge >= 0.3 is 0 Å². The number of benzene rings is 2. The molecule has 0 saturated carbocycles. The monoisotopic (exact) mass is 299 g/mol. The van der Waals surface area contributed by atoms with Crippen molar-refractivity contribution in [1.82, 2.24) is 4.90 Å². The highest BCUT2D eigenvalue weighted by molar-refractivity contribution is 5.48. The lowest BCUT2D eigenvalue weighted by Crippen LogP contribution is -2.30. The first-order valence-corrected chi connectivity index (χ1v) is 7.44. The quantitative estimate of drug-likeness (QED) is 0.942. The lowest BCUT2D eigenvalue weighted by atomic mass is 9.98. The Hall–Kier alpha value is -2.20. The van der Waals surface area contributed by atoms with Crippen LogP contribution in [0.3, 0.4) is 0 Å². The molecule has 4 heteroatoms. The van der Waals surface area contributed by atoms with Crippen LogP contribution in [0.5, 0.6) is 17.2 Å². The molecule has 1 aliphatic rings. The first kappa shape index (κ1) is 14.7. The van der Waals surface area contributed by atoms with E-state index < -0.39 is 0 Å². The van der Waals surface area contributed by atoms with Crippen molar-refractivity contribution in [3.8, 4) is 17.2 Å². The molecule has 4 nitrogen and oxygen atoms in total. The molecule has 0 amide bonds. The Morgan fingerprint density at radius 1 is 1.05 bits per heavy atom. The van der Waals surface area contributed by atoms with Crippen LogP contribution in [0, 0.1) is 0 Å². The Morgan fingerprint density at radius 2 is 1.73 bits per heavy atom. The number of aromatic hydroxyl groups is 1. The Kier molecular flexibility index (Phi) is 4.20. The number of fused-ring (bicyclic) bond motifs is 1. The van der Waals surface area contributed by atoms with Gasteiger partial charge in [-0.15, -0.1) is 0 Å². The molecule has 22 heavy (non-hydrogen) atoms. The molecule has 0 bridgehead atoms. The van der Waals surface area contributed by atoms with E-state index in [2.05, 4.69) is 17.0 Å². The minimum Gasteiger partial charge on any atom is -0.508 e. The van der Waals surface area contributed by atoms with Gasteiger partial charge in [-0.1, -0.05) is 18.2 Å². The van der Waals surface area contributed by atoms with Crippen molar-refractivity contribution in [1.29, 1.82) is 0 Å². The van der Waals surface area contributed by atoms with Crippen molar-refractivity contribution >= 4 is 0 Å². The molecule has 0 aliphatic carbocycles. The van der Waals surface area contributed by atoms with Gasteiger partial charge in [0.25, 0.3) is 0 Å². The maximum Gasteiger partial charge on any atom is 0.161 e. The van der Waals surface area contributed by atoms with Gasteiger partial charge in [-0.2, -0.15) is 0 Å². The van der Waals surface area contributed by atoms with E-state index in [0.29, 0.717) is 5.75 Å². The molecule has 0 fully saturated rings. The van der Waals surface area contributed by atoms with Gasteiger partial charge in [0.2, 0.25) is 0 Å². The molecule has 1 heterocycles. The van der Waals surface area contributed by atoms with Crippen molar-refractivity contribution in [2.45, 2.75) is 19.5 Å². The minimum atomic E-state index is 0.362. The van der Waals surface area contributed by atoms with E-state index in [9.17, 15) is 5.11 Å². The maximum atomic E-state index is 9.92. The number of phenols is 1. The van der Waals surface area contributed by atoms with Gasteiger partial charge in [0.15, 0.2) is 11.5 Å². The van der Waals surface area contributed by atoms with Crippen molar-refractivity contribution in [3.05, 3.63) is 53.1 Å². The molecule has 0 atom stereocenters. The number of ether oxygens (including phenoxy) is 2. The molecular weight excluding hydrogens is 278 g/mol. The Labute approximate surface area is 130 Å². The number of hydrogen-bond donors (Lipinski definition) is 1. The van der Waals surface area contributed by atoms with Crippen LogP contribution in [0.15, 0.2) is 36.4 Å². The predicted molar refractivity (Wildman–Crippen MR) is 85.5 cm³/mol. The summed E-state index contributed by atoms with van der Waals surface area (Å²) < 4.78 is 10.8. The summed E-state index contributed by atoms with van der Waals surface area (Å²) in [7, 11) is 3.32. The van der Waals surface area contributed by atoms with Crippen molar-refractivity contribution in [2.75, 3.05) is 20.8 Å².